The largest absolute Gasteiger partial charge is 3.00 e. The van der Waals surface area contributed by atoms with E-state index in [4.69, 9.17) is 4.98 Å². The fourth-order valence-corrected chi connectivity index (χ4v) is 8.08. The van der Waals surface area contributed by atoms with Crippen molar-refractivity contribution in [3.8, 4) is 67.1 Å². The average Bonchev–Trinajstić information content (AvgIpc) is 4.10. The van der Waals surface area contributed by atoms with E-state index in [1.54, 1.807) is 12.4 Å². The monoisotopic (exact) mass is 989 g/mol. The van der Waals surface area contributed by atoms with E-state index in [2.05, 4.69) is 180 Å². The molecule has 0 amide bonds. The molecule has 304 valence electrons. The van der Waals surface area contributed by atoms with Crippen molar-refractivity contribution < 1.29 is 20.1 Å². The van der Waals surface area contributed by atoms with Crippen LogP contribution in [0.2, 0.25) is 0 Å². The van der Waals surface area contributed by atoms with E-state index in [0.717, 1.165) is 70.6 Å². The van der Waals surface area contributed by atoms with Gasteiger partial charge < -0.3 is 4.98 Å². The normalized spacial score (nSPS) is 11.0. The van der Waals surface area contributed by atoms with Crippen molar-refractivity contribution >= 4 is 0 Å². The second kappa shape index (κ2) is 19.2. The topological polar surface area (TPSA) is 48.5 Å². The van der Waals surface area contributed by atoms with Crippen molar-refractivity contribution in [3.63, 3.8) is 0 Å². The van der Waals surface area contributed by atoms with Crippen LogP contribution in [0, 0.1) is 18.2 Å². The zero-order valence-electron chi connectivity index (χ0n) is 34.5. The van der Waals surface area contributed by atoms with Gasteiger partial charge in [0.05, 0.1) is 0 Å². The van der Waals surface area contributed by atoms with Crippen molar-refractivity contribution in [2.24, 2.45) is 0 Å². The summed E-state index contributed by atoms with van der Waals surface area (Å²) in [5.74, 6) is 0. The van der Waals surface area contributed by atoms with Crippen molar-refractivity contribution in [2.45, 2.75) is 25.7 Å². The molecule has 0 saturated heterocycles. The second-order valence-corrected chi connectivity index (χ2v) is 15.5. The fourth-order valence-electron chi connectivity index (χ4n) is 8.08. The maximum atomic E-state index is 5.01. The smallest absolute Gasteiger partial charge is 0.304 e. The molecule has 10 rings (SSSR count). The molecular weight excluding hydrogens is 947 g/mol. The summed E-state index contributed by atoms with van der Waals surface area (Å²) in [6.07, 6.45) is 13.1. The van der Waals surface area contributed by atoms with Crippen LogP contribution in [0.4, 0.5) is 0 Å². The Hall–Kier alpha value is -7.24. The molecule has 3 aromatic heterocycles. The molecule has 63 heavy (non-hydrogen) atoms. The molecular formula is C57H42IrN5. The Balaban J connectivity index is 0.00000504. The number of aryl methyl sites for hydroxylation is 4. The number of hydrogen-bond acceptors (Lipinski definition) is 3. The predicted molar refractivity (Wildman–Crippen MR) is 250 cm³/mol. The van der Waals surface area contributed by atoms with Gasteiger partial charge in [-0.15, -0.1) is 47.5 Å². The van der Waals surface area contributed by atoms with Gasteiger partial charge >= 0.3 is 20.1 Å². The Morgan fingerprint density at radius 1 is 0.413 bits per heavy atom. The molecule has 6 heteroatoms. The molecule has 0 unspecified atom stereocenters. The number of hydrogen-bond donors (Lipinski definition) is 0. The van der Waals surface area contributed by atoms with Gasteiger partial charge in [-0.1, -0.05) is 122 Å². The van der Waals surface area contributed by atoms with Crippen LogP contribution in [0.1, 0.15) is 22.3 Å². The van der Waals surface area contributed by atoms with Crippen LogP contribution in [0.5, 0.6) is 0 Å². The maximum absolute atomic E-state index is 5.01. The predicted octanol–water partition coefficient (Wildman–Crippen LogP) is 12.8. The Bertz CT molecular complexity index is 2910. The van der Waals surface area contributed by atoms with Gasteiger partial charge in [-0.05, 0) is 92.1 Å². The molecule has 7 aromatic carbocycles. The van der Waals surface area contributed by atoms with Crippen molar-refractivity contribution in [1.82, 2.24) is 24.5 Å². The minimum atomic E-state index is 0. The molecule has 0 aliphatic heterocycles. The van der Waals surface area contributed by atoms with Crippen LogP contribution in [0.3, 0.4) is 0 Å². The van der Waals surface area contributed by atoms with Crippen molar-refractivity contribution in [3.05, 3.63) is 247 Å². The SMILES string of the molecule is [Ir+3].[c-]1ccc(-c2ccc(-c3ccccc3)cc2)cc1-c1ccc(-c2ccccc2-c2cc(CCc3c[c-]c(-n4cccn4)cc3)cc(CCc3c[c-]c(-n4cccn4)cc3)c2)cn1. The van der Waals surface area contributed by atoms with Crippen LogP contribution in [-0.4, -0.2) is 24.5 Å². The van der Waals surface area contributed by atoms with Gasteiger partial charge in [-0.2, -0.15) is 57.7 Å². The first kappa shape index (κ1) is 41.1. The maximum Gasteiger partial charge on any atom is 3.00 e. The van der Waals surface area contributed by atoms with Gasteiger partial charge in [0.1, 0.15) is 0 Å². The number of pyridine rings is 1. The summed E-state index contributed by atoms with van der Waals surface area (Å²) in [4.78, 5) is 5.01. The Labute approximate surface area is 382 Å². The van der Waals surface area contributed by atoms with Crippen molar-refractivity contribution in [1.29, 1.82) is 0 Å². The summed E-state index contributed by atoms with van der Waals surface area (Å²) in [5.41, 5.74) is 18.2. The minimum absolute atomic E-state index is 0. The van der Waals surface area contributed by atoms with E-state index < -0.39 is 0 Å². The molecule has 0 fully saturated rings. The third-order valence-corrected chi connectivity index (χ3v) is 11.4. The third kappa shape index (κ3) is 9.64. The standard InChI is InChI=1S/C57H42N5.Ir/c1-2-9-46(10-3-1)47-23-25-48(26-24-47)49-11-6-12-50(40-49)57-32-27-51(41-58-57)55-13-4-5-14-56(55)52-38-44(17-15-42-19-28-53(29-20-42)61-35-7-33-59-61)37-45(39-52)18-16-43-21-30-54(31-22-43)62-36-8-34-60-62;/h1-11,13-14,19-28,30,32-41H,15-18H2;/q-3;+3. The quantitative estimate of drug-likeness (QED) is 0.108. The van der Waals surface area contributed by atoms with Crippen LogP contribution >= 0.6 is 0 Å². The summed E-state index contributed by atoms with van der Waals surface area (Å²) < 4.78 is 3.68. The first-order valence-corrected chi connectivity index (χ1v) is 21.1. The van der Waals surface area contributed by atoms with Crippen LogP contribution in [0.25, 0.3) is 67.1 Å². The molecule has 0 spiro atoms. The Kier molecular flexibility index (Phi) is 12.5. The van der Waals surface area contributed by atoms with E-state index >= 15 is 0 Å². The van der Waals surface area contributed by atoms with Gasteiger partial charge in [0.25, 0.3) is 0 Å². The molecule has 0 atom stereocenters. The summed E-state index contributed by atoms with van der Waals surface area (Å²) >= 11 is 0. The van der Waals surface area contributed by atoms with Gasteiger partial charge in [-0.25, -0.2) is 0 Å². The number of aromatic nitrogens is 5. The van der Waals surface area contributed by atoms with E-state index in [-0.39, 0.29) is 20.1 Å². The molecule has 0 saturated carbocycles. The molecule has 0 aliphatic rings. The molecule has 0 aliphatic carbocycles. The first-order valence-electron chi connectivity index (χ1n) is 21.1. The Morgan fingerprint density at radius 2 is 0.952 bits per heavy atom. The molecule has 3 heterocycles. The second-order valence-electron chi connectivity index (χ2n) is 15.5. The average molecular weight is 989 g/mol. The van der Waals surface area contributed by atoms with Crippen molar-refractivity contribution in [2.75, 3.05) is 0 Å². The summed E-state index contributed by atoms with van der Waals surface area (Å²) in [5, 5.41) is 8.72. The summed E-state index contributed by atoms with van der Waals surface area (Å²) in [7, 11) is 0. The summed E-state index contributed by atoms with van der Waals surface area (Å²) in [6.45, 7) is 0. The van der Waals surface area contributed by atoms with Crippen LogP contribution in [-0.2, 0) is 45.8 Å². The van der Waals surface area contributed by atoms with Gasteiger partial charge in [-0.3, -0.25) is 9.36 Å². The number of nitrogens with zero attached hydrogens (tertiary/aromatic N) is 5. The number of benzene rings is 7. The molecule has 0 radical (unpaired) electrons. The van der Waals surface area contributed by atoms with Gasteiger partial charge in [0.15, 0.2) is 0 Å². The Morgan fingerprint density at radius 3 is 1.49 bits per heavy atom. The van der Waals surface area contributed by atoms with Gasteiger partial charge in [0, 0.05) is 31.0 Å². The van der Waals surface area contributed by atoms with E-state index in [1.807, 2.05) is 52.2 Å². The van der Waals surface area contributed by atoms with E-state index in [9.17, 15) is 0 Å². The van der Waals surface area contributed by atoms with E-state index in [0.29, 0.717) is 0 Å². The summed E-state index contributed by atoms with van der Waals surface area (Å²) in [6, 6.07) is 72.5. The molecule has 0 bridgehead atoms. The number of rotatable bonds is 13. The molecule has 5 nitrogen and oxygen atoms in total. The van der Waals surface area contributed by atoms with Crippen LogP contribution < -0.4 is 0 Å². The van der Waals surface area contributed by atoms with E-state index in [1.165, 1.54) is 44.5 Å². The zero-order chi connectivity index (χ0) is 41.5. The first-order chi connectivity index (χ1) is 30.7. The fraction of sp³-hybridized carbons (Fsp3) is 0.0702. The minimum Gasteiger partial charge on any atom is -0.304 e. The molecule has 10 aromatic rings. The van der Waals surface area contributed by atoms with Gasteiger partial charge in [0.2, 0.25) is 0 Å². The molecule has 0 N–H and O–H groups in total. The third-order valence-electron chi connectivity index (χ3n) is 11.4. The zero-order valence-corrected chi connectivity index (χ0v) is 36.9. The van der Waals surface area contributed by atoms with Crippen LogP contribution in [0.15, 0.2) is 207 Å².